The van der Waals surface area contributed by atoms with Gasteiger partial charge in [0.1, 0.15) is 0 Å². The van der Waals surface area contributed by atoms with E-state index in [1.54, 1.807) is 18.2 Å². The number of carbonyl (C=O) groups is 1. The summed E-state index contributed by atoms with van der Waals surface area (Å²) >= 11 is 6.12. The van der Waals surface area contributed by atoms with Crippen LogP contribution in [-0.2, 0) is 12.8 Å². The maximum absolute atomic E-state index is 13.0. The third-order valence-electron chi connectivity index (χ3n) is 5.71. The summed E-state index contributed by atoms with van der Waals surface area (Å²) in [6.45, 7) is 0. The minimum Gasteiger partial charge on any atom is -0.267 e. The lowest BCUT2D eigenvalue weighted by molar-refractivity contribution is -0.384. The second-order valence-electron chi connectivity index (χ2n) is 7.84. The topological polar surface area (TPSA) is 78.0 Å². The number of allylic oxidation sites excluding steroid dienone is 2. The van der Waals surface area contributed by atoms with E-state index >= 15 is 0 Å². The van der Waals surface area contributed by atoms with Crippen LogP contribution in [0.1, 0.15) is 27.3 Å². The van der Waals surface area contributed by atoms with Crippen molar-refractivity contribution in [3.05, 3.63) is 123 Å². The van der Waals surface area contributed by atoms with Crippen molar-refractivity contribution < 1.29 is 9.72 Å². The molecule has 0 saturated carbocycles. The van der Waals surface area contributed by atoms with E-state index in [0.29, 0.717) is 17.9 Å². The van der Waals surface area contributed by atoms with Crippen molar-refractivity contribution in [3.8, 4) is 11.1 Å². The van der Waals surface area contributed by atoms with E-state index in [2.05, 4.69) is 0 Å². The van der Waals surface area contributed by atoms with E-state index in [1.807, 2.05) is 54.6 Å². The van der Waals surface area contributed by atoms with Crippen molar-refractivity contribution in [3.63, 3.8) is 0 Å². The lowest BCUT2D eigenvalue weighted by Gasteiger charge is -2.16. The van der Waals surface area contributed by atoms with Gasteiger partial charge in [0, 0.05) is 41.6 Å². The van der Waals surface area contributed by atoms with Crippen LogP contribution in [0.3, 0.4) is 0 Å². The highest BCUT2D eigenvalue weighted by atomic mass is 35.5. The molecular weight excluding hydrogens is 438 g/mol. The predicted molar refractivity (Wildman–Crippen MR) is 127 cm³/mol. The number of rotatable bonds is 5. The van der Waals surface area contributed by atoms with Gasteiger partial charge in [-0.1, -0.05) is 54.1 Å². The molecule has 0 aliphatic carbocycles. The van der Waals surface area contributed by atoms with Crippen LogP contribution in [0.15, 0.2) is 84.9 Å². The van der Waals surface area contributed by atoms with Gasteiger partial charge in [-0.2, -0.15) is 9.78 Å². The molecule has 5 rings (SSSR count). The second-order valence-corrected chi connectivity index (χ2v) is 8.27. The maximum atomic E-state index is 13.0. The van der Waals surface area contributed by atoms with E-state index in [9.17, 15) is 14.9 Å². The van der Waals surface area contributed by atoms with Gasteiger partial charge in [0.2, 0.25) is 0 Å². The lowest BCUT2D eigenvalue weighted by atomic mass is 9.92. The number of carbonyl (C=O) groups excluding carboxylic acids is 1. The van der Waals surface area contributed by atoms with Crippen LogP contribution in [-0.4, -0.2) is 20.6 Å². The first-order valence-corrected chi connectivity index (χ1v) is 10.8. The van der Waals surface area contributed by atoms with Crippen molar-refractivity contribution in [2.45, 2.75) is 12.8 Å². The van der Waals surface area contributed by atoms with Crippen LogP contribution in [0.25, 0.3) is 16.7 Å². The van der Waals surface area contributed by atoms with Crippen molar-refractivity contribution >= 4 is 28.8 Å². The van der Waals surface area contributed by atoms with Gasteiger partial charge >= 0.3 is 0 Å². The van der Waals surface area contributed by atoms with E-state index in [1.165, 1.54) is 16.8 Å². The third kappa shape index (κ3) is 4.08. The molecule has 0 radical (unpaired) electrons. The summed E-state index contributed by atoms with van der Waals surface area (Å²) in [4.78, 5) is 23.6. The molecule has 0 unspecified atom stereocenters. The molecule has 2 heterocycles. The predicted octanol–water partition coefficient (Wildman–Crippen LogP) is 5.98. The Morgan fingerprint density at radius 1 is 0.939 bits per heavy atom. The highest BCUT2D eigenvalue weighted by Gasteiger charge is 2.27. The number of nitro benzene ring substituents is 1. The summed E-state index contributed by atoms with van der Waals surface area (Å²) in [6.07, 6.45) is 2.61. The van der Waals surface area contributed by atoms with Gasteiger partial charge in [-0.3, -0.25) is 14.9 Å². The van der Waals surface area contributed by atoms with Crippen LogP contribution in [0.4, 0.5) is 5.69 Å². The summed E-state index contributed by atoms with van der Waals surface area (Å²) in [6, 6.07) is 23.8. The molecule has 0 saturated heterocycles. The van der Waals surface area contributed by atoms with Gasteiger partial charge in [-0.25, -0.2) is 0 Å². The molecule has 4 aromatic rings. The molecule has 1 aliphatic heterocycles. The number of nitro groups is 1. The minimum absolute atomic E-state index is 0.0125. The zero-order valence-corrected chi connectivity index (χ0v) is 18.2. The molecule has 3 aromatic carbocycles. The summed E-state index contributed by atoms with van der Waals surface area (Å²) in [7, 11) is 0. The maximum Gasteiger partial charge on any atom is 0.271 e. The Morgan fingerprint density at radius 3 is 2.27 bits per heavy atom. The SMILES string of the molecule is O=C1C=C(c2ccc([N+](=O)[O-])cc2)Cc2c(-c3ccc(Cl)cc3)c(Cc3ccccc3)nn21. The van der Waals surface area contributed by atoms with Gasteiger partial charge in [0.25, 0.3) is 11.6 Å². The van der Waals surface area contributed by atoms with E-state index < -0.39 is 4.92 Å². The number of hydrogen-bond acceptors (Lipinski definition) is 4. The third-order valence-corrected chi connectivity index (χ3v) is 5.97. The number of halogens is 1. The molecule has 0 amide bonds. The number of non-ortho nitro benzene ring substituents is 1. The Kier molecular flexibility index (Phi) is 5.36. The molecule has 0 N–H and O–H groups in total. The zero-order chi connectivity index (χ0) is 22.9. The summed E-state index contributed by atoms with van der Waals surface area (Å²) in [5, 5.41) is 16.3. The Balaban J connectivity index is 1.59. The average molecular weight is 456 g/mol. The molecule has 1 aliphatic rings. The monoisotopic (exact) mass is 455 g/mol. The molecule has 6 nitrogen and oxygen atoms in total. The van der Waals surface area contributed by atoms with Crippen molar-refractivity contribution in [2.24, 2.45) is 0 Å². The average Bonchev–Trinajstić information content (AvgIpc) is 3.19. The Bertz CT molecular complexity index is 1390. The standard InChI is InChI=1S/C26H18ClN3O3/c27-21-10-6-19(7-11-21)26-23(14-17-4-2-1-3-5-17)28-29-24(26)15-20(16-25(29)31)18-8-12-22(13-9-18)30(32)33/h1-13,16H,14-15H2. The Hall–Kier alpha value is -4.03. The summed E-state index contributed by atoms with van der Waals surface area (Å²) in [5.41, 5.74) is 6.13. The smallest absolute Gasteiger partial charge is 0.267 e. The van der Waals surface area contributed by atoms with Crippen LogP contribution < -0.4 is 0 Å². The van der Waals surface area contributed by atoms with Crippen LogP contribution >= 0.6 is 11.6 Å². The number of hydrogen-bond donors (Lipinski definition) is 0. The van der Waals surface area contributed by atoms with Gasteiger partial charge in [0.15, 0.2) is 0 Å². The largest absolute Gasteiger partial charge is 0.271 e. The first-order valence-electron chi connectivity index (χ1n) is 10.4. The first-order chi connectivity index (χ1) is 16.0. The first kappa shape index (κ1) is 20.8. The van der Waals surface area contributed by atoms with Gasteiger partial charge in [-0.05, 0) is 46.5 Å². The summed E-state index contributed by atoms with van der Waals surface area (Å²) < 4.78 is 1.47. The molecular formula is C26H18ClN3O3. The van der Waals surface area contributed by atoms with Crippen molar-refractivity contribution in [1.29, 1.82) is 0 Å². The van der Waals surface area contributed by atoms with Gasteiger partial charge in [-0.15, -0.1) is 0 Å². The number of nitrogens with zero attached hydrogens (tertiary/aromatic N) is 3. The normalized spacial score (nSPS) is 12.9. The van der Waals surface area contributed by atoms with Crippen LogP contribution in [0, 0.1) is 10.1 Å². The van der Waals surface area contributed by atoms with Crippen LogP contribution in [0.5, 0.6) is 0 Å². The molecule has 0 fully saturated rings. The number of fused-ring (bicyclic) bond motifs is 1. The summed E-state index contributed by atoms with van der Waals surface area (Å²) in [5.74, 6) is -0.237. The molecule has 7 heteroatoms. The van der Waals surface area contributed by atoms with Gasteiger partial charge < -0.3 is 0 Å². The fourth-order valence-electron chi connectivity index (χ4n) is 4.14. The highest BCUT2D eigenvalue weighted by Crippen LogP contribution is 2.36. The second kappa shape index (κ2) is 8.48. The van der Waals surface area contributed by atoms with Crippen LogP contribution in [0.2, 0.25) is 5.02 Å². The van der Waals surface area contributed by atoms with Gasteiger partial charge in [0.05, 0.1) is 16.3 Å². The fraction of sp³-hybridized carbons (Fsp3) is 0.0769. The van der Waals surface area contributed by atoms with Crippen molar-refractivity contribution in [1.82, 2.24) is 9.78 Å². The Morgan fingerprint density at radius 2 is 1.61 bits per heavy atom. The van der Waals surface area contributed by atoms with E-state index in [4.69, 9.17) is 16.7 Å². The fourth-order valence-corrected chi connectivity index (χ4v) is 4.26. The zero-order valence-electron chi connectivity index (χ0n) is 17.4. The molecule has 0 bridgehead atoms. The van der Waals surface area contributed by atoms with Crippen molar-refractivity contribution in [2.75, 3.05) is 0 Å². The highest BCUT2D eigenvalue weighted by molar-refractivity contribution is 6.30. The molecule has 1 aromatic heterocycles. The van der Waals surface area contributed by atoms with E-state index in [-0.39, 0.29) is 11.6 Å². The molecule has 33 heavy (non-hydrogen) atoms. The molecule has 0 spiro atoms. The molecule has 162 valence electrons. The number of benzene rings is 3. The lowest BCUT2D eigenvalue weighted by Crippen LogP contribution is -2.19. The number of aromatic nitrogens is 2. The van der Waals surface area contributed by atoms with E-state index in [0.717, 1.165) is 39.2 Å². The Labute approximate surface area is 194 Å². The quantitative estimate of drug-likeness (QED) is 0.274. The minimum atomic E-state index is -0.437. The molecule has 0 atom stereocenters.